The lowest BCUT2D eigenvalue weighted by Crippen LogP contribution is -2.38. The van der Waals surface area contributed by atoms with Gasteiger partial charge in [0.25, 0.3) is 0 Å². The van der Waals surface area contributed by atoms with Gasteiger partial charge < -0.3 is 0 Å². The van der Waals surface area contributed by atoms with E-state index in [1.807, 2.05) is 0 Å². The minimum absolute atomic E-state index is 0.547. The van der Waals surface area contributed by atoms with E-state index in [1.54, 1.807) is 0 Å². The summed E-state index contributed by atoms with van der Waals surface area (Å²) in [6, 6.07) is 0. The molecule has 1 unspecified atom stereocenters. The fourth-order valence-electron chi connectivity index (χ4n) is 7.60. The van der Waals surface area contributed by atoms with Crippen molar-refractivity contribution in [2.24, 2.45) is 21.7 Å². The maximum absolute atomic E-state index is 2.74. The van der Waals surface area contributed by atoms with E-state index in [-0.39, 0.29) is 0 Å². The first kappa shape index (κ1) is 30.2. The smallest absolute Gasteiger partial charge is 0.0272 e. The molecular formula is C34H66. The average Bonchev–Trinajstić information content (AvgIpc) is 2.76. The minimum Gasteiger partial charge on any atom is -0.0599 e. The molecular weight excluding hydrogens is 408 g/mol. The van der Waals surface area contributed by atoms with E-state index in [0.717, 1.165) is 0 Å². The summed E-state index contributed by atoms with van der Waals surface area (Å²) in [4.78, 5) is 0. The van der Waals surface area contributed by atoms with Crippen LogP contribution >= 0.6 is 0 Å². The molecule has 0 heteroatoms. The van der Waals surface area contributed by atoms with Crippen LogP contribution in [-0.4, -0.2) is 0 Å². The molecule has 0 aromatic heterocycles. The average molecular weight is 475 g/mol. The summed E-state index contributed by atoms with van der Waals surface area (Å²) >= 11 is 0. The Balaban J connectivity index is 2.04. The lowest BCUT2D eigenvalue weighted by Gasteiger charge is -2.48. The molecule has 0 saturated heterocycles. The molecule has 0 N–H and O–H groups in total. The van der Waals surface area contributed by atoms with Gasteiger partial charge >= 0.3 is 0 Å². The summed E-state index contributed by atoms with van der Waals surface area (Å²) < 4.78 is 0. The minimum atomic E-state index is 0.547. The quantitative estimate of drug-likeness (QED) is 0.354. The summed E-state index contributed by atoms with van der Waals surface area (Å²) in [7, 11) is 0. The molecule has 0 aromatic rings. The lowest BCUT2D eigenvalue weighted by molar-refractivity contribution is 0.0202. The summed E-state index contributed by atoms with van der Waals surface area (Å²) in [5.41, 5.74) is 2.24. The van der Waals surface area contributed by atoms with Gasteiger partial charge in [0.05, 0.1) is 0 Å². The molecule has 34 heavy (non-hydrogen) atoms. The van der Waals surface area contributed by atoms with Gasteiger partial charge in [0.1, 0.15) is 0 Å². The van der Waals surface area contributed by atoms with E-state index in [9.17, 15) is 0 Å². The highest BCUT2D eigenvalue weighted by Gasteiger charge is 2.42. The highest BCUT2D eigenvalue weighted by molar-refractivity contribution is 4.93. The fourth-order valence-corrected chi connectivity index (χ4v) is 7.60. The van der Waals surface area contributed by atoms with E-state index < -0.39 is 0 Å². The molecule has 2 rings (SSSR count). The van der Waals surface area contributed by atoms with Gasteiger partial charge in [-0.15, -0.1) is 0 Å². The molecule has 2 aliphatic rings. The summed E-state index contributed by atoms with van der Waals surface area (Å²) in [5, 5.41) is 0. The zero-order chi connectivity index (χ0) is 25.0. The van der Waals surface area contributed by atoms with Crippen molar-refractivity contribution in [2.75, 3.05) is 0 Å². The molecule has 2 saturated carbocycles. The molecule has 2 fully saturated rings. The largest absolute Gasteiger partial charge is 0.0599 e. The van der Waals surface area contributed by atoms with E-state index >= 15 is 0 Å². The second kappa shape index (κ2) is 14.7. The molecule has 0 heterocycles. The molecule has 0 bridgehead atoms. The normalized spacial score (nSPS) is 31.6. The van der Waals surface area contributed by atoms with E-state index in [1.165, 1.54) is 154 Å². The highest BCUT2D eigenvalue weighted by atomic mass is 14.5. The van der Waals surface area contributed by atoms with Crippen LogP contribution in [0.4, 0.5) is 0 Å². The van der Waals surface area contributed by atoms with Crippen LogP contribution in [0.2, 0.25) is 0 Å². The topological polar surface area (TPSA) is 0 Å². The van der Waals surface area contributed by atoms with Crippen molar-refractivity contribution in [3.05, 3.63) is 0 Å². The van der Waals surface area contributed by atoms with Gasteiger partial charge in [0, 0.05) is 0 Å². The monoisotopic (exact) mass is 475 g/mol. The van der Waals surface area contributed by atoms with Crippen LogP contribution in [0.15, 0.2) is 0 Å². The lowest BCUT2D eigenvalue weighted by atomic mass is 9.57. The highest BCUT2D eigenvalue weighted by Crippen LogP contribution is 2.53. The molecule has 2 aliphatic carbocycles. The number of rotatable bonds is 1. The Morgan fingerprint density at radius 1 is 0.235 bits per heavy atom. The molecule has 0 spiro atoms. The number of hydrogen-bond acceptors (Lipinski definition) is 0. The van der Waals surface area contributed by atoms with Crippen molar-refractivity contribution in [2.45, 2.75) is 196 Å². The molecule has 0 nitrogen and oxygen atoms in total. The Hall–Kier alpha value is 0. The zero-order valence-electron chi connectivity index (χ0n) is 25.0. The van der Waals surface area contributed by atoms with E-state index in [2.05, 4.69) is 41.5 Å². The molecule has 0 amide bonds. The van der Waals surface area contributed by atoms with Gasteiger partial charge in [-0.3, -0.25) is 0 Å². The van der Waals surface area contributed by atoms with Crippen LogP contribution in [0.1, 0.15) is 196 Å². The Kier molecular flexibility index (Phi) is 13.0. The van der Waals surface area contributed by atoms with Crippen LogP contribution in [0.5, 0.6) is 0 Å². The maximum atomic E-state index is 2.74. The molecule has 202 valence electrons. The Bertz CT molecular complexity index is 508. The van der Waals surface area contributed by atoms with Crippen molar-refractivity contribution in [1.29, 1.82) is 0 Å². The van der Waals surface area contributed by atoms with Gasteiger partial charge in [-0.05, 0) is 73.0 Å². The number of hydrogen-bond donors (Lipinski definition) is 0. The van der Waals surface area contributed by atoms with Crippen molar-refractivity contribution < 1.29 is 0 Å². The van der Waals surface area contributed by atoms with Crippen LogP contribution in [0.25, 0.3) is 0 Å². The first-order valence-electron chi connectivity index (χ1n) is 16.1. The predicted molar refractivity (Wildman–Crippen MR) is 155 cm³/mol. The van der Waals surface area contributed by atoms with Gasteiger partial charge in [-0.1, -0.05) is 144 Å². The first-order chi connectivity index (χ1) is 16.1. The molecule has 0 radical (unpaired) electrons. The summed E-state index contributed by atoms with van der Waals surface area (Å²) in [6.07, 6.45) is 35.2. The third kappa shape index (κ3) is 10.9. The van der Waals surface area contributed by atoms with Gasteiger partial charge in [-0.25, -0.2) is 0 Å². The van der Waals surface area contributed by atoms with E-state index in [4.69, 9.17) is 0 Å². The maximum Gasteiger partial charge on any atom is -0.0272 e. The Morgan fingerprint density at radius 3 is 0.676 bits per heavy atom. The Morgan fingerprint density at radius 2 is 0.412 bits per heavy atom. The summed E-state index contributed by atoms with van der Waals surface area (Å²) in [5.74, 6) is 0. The fraction of sp³-hybridized carbons (Fsp3) is 1.00. The van der Waals surface area contributed by atoms with Crippen molar-refractivity contribution >= 4 is 0 Å². The van der Waals surface area contributed by atoms with Crippen LogP contribution in [0, 0.1) is 21.7 Å². The van der Waals surface area contributed by atoms with Crippen LogP contribution in [-0.2, 0) is 0 Å². The molecule has 1 atom stereocenters. The van der Waals surface area contributed by atoms with Crippen molar-refractivity contribution in [3.8, 4) is 0 Å². The standard InChI is InChI=1S/C34H66/c1-31(2)24-16-10-12-20-28-33(5,29-21-13-11-17-25-31)34(6)27-19-9-7-8-15-23-32(3,4)26-18-14-22-30-34/h7-30H2,1-6H3. The molecule has 0 aliphatic heterocycles. The van der Waals surface area contributed by atoms with Crippen molar-refractivity contribution in [1.82, 2.24) is 0 Å². The third-order valence-corrected chi connectivity index (χ3v) is 10.8. The van der Waals surface area contributed by atoms with Gasteiger partial charge in [0.15, 0.2) is 0 Å². The van der Waals surface area contributed by atoms with Crippen LogP contribution in [0.3, 0.4) is 0 Å². The second-order valence-corrected chi connectivity index (χ2v) is 15.1. The SMILES string of the molecule is CC1(C)CCCCCCC(C)(C2(C)CCCCCCCC(C)(C)CCCCC2)CCCCCC1. The zero-order valence-corrected chi connectivity index (χ0v) is 25.0. The Labute approximate surface area is 217 Å². The predicted octanol–water partition coefficient (Wildman–Crippen LogP) is 12.4. The van der Waals surface area contributed by atoms with Gasteiger partial charge in [-0.2, -0.15) is 0 Å². The molecule has 0 aromatic carbocycles. The summed E-state index contributed by atoms with van der Waals surface area (Å²) in [6.45, 7) is 15.6. The van der Waals surface area contributed by atoms with Gasteiger partial charge in [0.2, 0.25) is 0 Å². The van der Waals surface area contributed by atoms with Crippen LogP contribution < -0.4 is 0 Å². The van der Waals surface area contributed by atoms with Crippen molar-refractivity contribution in [3.63, 3.8) is 0 Å². The second-order valence-electron chi connectivity index (χ2n) is 15.1. The first-order valence-corrected chi connectivity index (χ1v) is 16.1. The third-order valence-electron chi connectivity index (χ3n) is 10.8. The van der Waals surface area contributed by atoms with E-state index in [0.29, 0.717) is 21.7 Å².